The summed E-state index contributed by atoms with van der Waals surface area (Å²) in [6, 6.07) is 20.9. The standard InChI is InChI=1S/C32H35Cl3N4O5S/c33-32(34,35)21-44-31(41)38-30(36)26-10-6-9-24(17-26)20-39(19-23-7-2-1-3-8-23)29(40)18-22-13-15-25(16-14-22)27-11-4-5-12-28(27)45(37,42)43/h4-6,9-17,23H,1-3,7-8,18-21H2,(H2,36,38,41)(H2,37,42,43). The second-order valence-corrected chi connectivity index (χ2v) is 15.1. The summed E-state index contributed by atoms with van der Waals surface area (Å²) in [4.78, 5) is 31.4. The number of carbonyl (C=O) groups excluding carboxylic acids is 2. The van der Waals surface area contributed by atoms with Crippen LogP contribution in [0.3, 0.4) is 0 Å². The summed E-state index contributed by atoms with van der Waals surface area (Å²) in [5.41, 5.74) is 9.34. The first-order valence-electron chi connectivity index (χ1n) is 14.4. The maximum Gasteiger partial charge on any atom is 0.435 e. The number of amides is 2. The van der Waals surface area contributed by atoms with Crippen molar-refractivity contribution in [2.45, 2.75) is 53.8 Å². The van der Waals surface area contributed by atoms with Gasteiger partial charge in [-0.25, -0.2) is 18.4 Å². The molecule has 0 atom stereocenters. The van der Waals surface area contributed by atoms with Gasteiger partial charge in [0.1, 0.15) is 12.4 Å². The van der Waals surface area contributed by atoms with Gasteiger partial charge in [0.05, 0.1) is 11.3 Å². The molecule has 0 aromatic heterocycles. The summed E-state index contributed by atoms with van der Waals surface area (Å²) in [7, 11) is -3.90. The molecule has 1 fully saturated rings. The fourth-order valence-electron chi connectivity index (χ4n) is 5.37. The molecule has 240 valence electrons. The number of alkyl halides is 3. The number of primary sulfonamides is 1. The SMILES string of the molecule is NC(=NC(=O)OCC(Cl)(Cl)Cl)c1cccc(CN(CC2CCCCC2)C(=O)Cc2ccc(-c3ccccc3S(N)(=O)=O)cc2)c1. The number of carbonyl (C=O) groups is 2. The van der Waals surface area contributed by atoms with Gasteiger partial charge in [-0.2, -0.15) is 4.99 Å². The second kappa shape index (κ2) is 15.4. The topological polar surface area (TPSA) is 145 Å². The van der Waals surface area contributed by atoms with E-state index in [1.54, 1.807) is 48.5 Å². The van der Waals surface area contributed by atoms with Gasteiger partial charge in [0.15, 0.2) is 0 Å². The van der Waals surface area contributed by atoms with Crippen LogP contribution in [0.25, 0.3) is 11.1 Å². The zero-order valence-electron chi connectivity index (χ0n) is 24.5. The molecular weight excluding hydrogens is 659 g/mol. The number of nitrogens with zero attached hydrogens (tertiary/aromatic N) is 2. The average Bonchev–Trinajstić information content (AvgIpc) is 3.00. The van der Waals surface area contributed by atoms with Crippen LogP contribution in [0.15, 0.2) is 82.7 Å². The highest BCUT2D eigenvalue weighted by Gasteiger charge is 2.24. The predicted octanol–water partition coefficient (Wildman–Crippen LogP) is 6.36. The normalized spacial score (nSPS) is 14.6. The van der Waals surface area contributed by atoms with Crippen LogP contribution in [-0.2, 0) is 32.5 Å². The zero-order valence-corrected chi connectivity index (χ0v) is 27.6. The lowest BCUT2D eigenvalue weighted by molar-refractivity contribution is -0.132. The van der Waals surface area contributed by atoms with E-state index in [0.29, 0.717) is 35.7 Å². The first-order chi connectivity index (χ1) is 21.3. The highest BCUT2D eigenvalue weighted by Crippen LogP contribution is 2.28. The number of hydrogen-bond acceptors (Lipinski definition) is 5. The minimum Gasteiger partial charge on any atom is -0.443 e. The molecule has 1 aliphatic carbocycles. The Morgan fingerprint density at radius 3 is 2.29 bits per heavy atom. The number of benzene rings is 3. The van der Waals surface area contributed by atoms with Gasteiger partial charge in [-0.15, -0.1) is 0 Å². The summed E-state index contributed by atoms with van der Waals surface area (Å²) < 4.78 is 27.2. The van der Waals surface area contributed by atoms with E-state index in [1.165, 1.54) is 12.5 Å². The number of halogens is 3. The molecule has 13 heteroatoms. The quantitative estimate of drug-likeness (QED) is 0.144. The Morgan fingerprint density at radius 1 is 0.933 bits per heavy atom. The van der Waals surface area contributed by atoms with Crippen molar-refractivity contribution in [3.8, 4) is 11.1 Å². The number of nitrogens with two attached hydrogens (primary N) is 2. The molecule has 0 spiro atoms. The lowest BCUT2D eigenvalue weighted by atomic mass is 9.88. The monoisotopic (exact) mass is 692 g/mol. The van der Waals surface area contributed by atoms with E-state index in [9.17, 15) is 18.0 Å². The van der Waals surface area contributed by atoms with Crippen LogP contribution in [0.5, 0.6) is 0 Å². The largest absolute Gasteiger partial charge is 0.443 e. The highest BCUT2D eigenvalue weighted by atomic mass is 35.6. The molecule has 45 heavy (non-hydrogen) atoms. The van der Waals surface area contributed by atoms with Gasteiger partial charge in [-0.1, -0.05) is 115 Å². The number of hydrogen-bond donors (Lipinski definition) is 2. The molecule has 0 radical (unpaired) electrons. The van der Waals surface area contributed by atoms with E-state index in [0.717, 1.165) is 36.8 Å². The Morgan fingerprint density at radius 2 is 1.62 bits per heavy atom. The van der Waals surface area contributed by atoms with Gasteiger partial charge in [0, 0.05) is 24.2 Å². The maximum absolute atomic E-state index is 13.7. The van der Waals surface area contributed by atoms with Gasteiger partial charge < -0.3 is 15.4 Å². The van der Waals surface area contributed by atoms with Gasteiger partial charge >= 0.3 is 6.09 Å². The third-order valence-corrected chi connectivity index (χ3v) is 8.83. The summed E-state index contributed by atoms with van der Waals surface area (Å²) in [5, 5.41) is 5.41. The third-order valence-electron chi connectivity index (χ3n) is 7.54. The molecule has 0 unspecified atom stereocenters. The Balaban J connectivity index is 1.50. The van der Waals surface area contributed by atoms with Gasteiger partial charge in [-0.3, -0.25) is 4.79 Å². The van der Waals surface area contributed by atoms with Crippen LogP contribution in [0.4, 0.5) is 4.79 Å². The molecule has 4 N–H and O–H groups in total. The summed E-state index contributed by atoms with van der Waals surface area (Å²) >= 11 is 16.9. The van der Waals surface area contributed by atoms with Crippen molar-refractivity contribution in [1.82, 2.24) is 4.90 Å². The molecule has 0 aliphatic heterocycles. The van der Waals surface area contributed by atoms with Crippen LogP contribution < -0.4 is 10.9 Å². The molecule has 0 saturated heterocycles. The van der Waals surface area contributed by atoms with Gasteiger partial charge in [0.2, 0.25) is 19.7 Å². The molecule has 4 rings (SSSR count). The summed E-state index contributed by atoms with van der Waals surface area (Å²) in [5.74, 6) is 0.295. The molecule has 3 aromatic carbocycles. The molecule has 2 amide bonds. The molecule has 1 saturated carbocycles. The highest BCUT2D eigenvalue weighted by molar-refractivity contribution is 7.89. The predicted molar refractivity (Wildman–Crippen MR) is 178 cm³/mol. The number of amidine groups is 1. The number of rotatable bonds is 10. The minimum atomic E-state index is -3.90. The third kappa shape index (κ3) is 10.7. The Bertz CT molecular complexity index is 1640. The van der Waals surface area contributed by atoms with E-state index in [1.807, 2.05) is 23.1 Å². The number of aliphatic imine (C=N–C) groups is 1. The van der Waals surface area contributed by atoms with Crippen molar-refractivity contribution in [3.05, 3.63) is 89.5 Å². The van der Waals surface area contributed by atoms with E-state index < -0.39 is 26.5 Å². The number of ether oxygens (including phenoxy) is 1. The molecular formula is C32H35Cl3N4O5S. The Kier molecular flexibility index (Phi) is 11.9. The summed E-state index contributed by atoms with van der Waals surface area (Å²) in [6.45, 7) is 0.487. The van der Waals surface area contributed by atoms with E-state index >= 15 is 0 Å². The first kappa shape index (κ1) is 34.7. The van der Waals surface area contributed by atoms with Crippen LogP contribution >= 0.6 is 34.8 Å². The van der Waals surface area contributed by atoms with Crippen LogP contribution in [0, 0.1) is 5.92 Å². The Hall–Kier alpha value is -3.15. The molecule has 3 aromatic rings. The molecule has 0 bridgehead atoms. The van der Waals surface area contributed by atoms with Crippen molar-refractivity contribution in [2.24, 2.45) is 21.8 Å². The van der Waals surface area contributed by atoms with Crippen LogP contribution in [0.1, 0.15) is 48.8 Å². The second-order valence-electron chi connectivity index (χ2n) is 11.1. The lowest BCUT2D eigenvalue weighted by Gasteiger charge is -2.30. The van der Waals surface area contributed by atoms with Gasteiger partial charge in [0.25, 0.3) is 0 Å². The average molecular weight is 694 g/mol. The van der Waals surface area contributed by atoms with Gasteiger partial charge in [-0.05, 0) is 47.6 Å². The summed E-state index contributed by atoms with van der Waals surface area (Å²) in [6.07, 6.45) is 4.81. The van der Waals surface area contributed by atoms with Crippen molar-refractivity contribution in [2.75, 3.05) is 13.2 Å². The van der Waals surface area contributed by atoms with Crippen molar-refractivity contribution >= 4 is 62.7 Å². The molecule has 1 aliphatic rings. The Labute approximate surface area is 278 Å². The van der Waals surface area contributed by atoms with E-state index in [-0.39, 0.29) is 23.1 Å². The van der Waals surface area contributed by atoms with Crippen molar-refractivity contribution < 1.29 is 22.7 Å². The van der Waals surface area contributed by atoms with Crippen molar-refractivity contribution in [3.63, 3.8) is 0 Å². The fraction of sp³-hybridized carbons (Fsp3) is 0.344. The smallest absolute Gasteiger partial charge is 0.435 e. The van der Waals surface area contributed by atoms with Crippen LogP contribution in [-0.4, -0.2) is 48.1 Å². The number of sulfonamides is 1. The van der Waals surface area contributed by atoms with E-state index in [4.69, 9.17) is 50.4 Å². The minimum absolute atomic E-state index is 0.0411. The van der Waals surface area contributed by atoms with Crippen LogP contribution in [0.2, 0.25) is 0 Å². The van der Waals surface area contributed by atoms with Crippen molar-refractivity contribution in [1.29, 1.82) is 0 Å². The fourth-order valence-corrected chi connectivity index (χ4v) is 6.29. The molecule has 9 nitrogen and oxygen atoms in total. The van der Waals surface area contributed by atoms with E-state index in [2.05, 4.69) is 4.99 Å². The molecule has 0 heterocycles. The maximum atomic E-state index is 13.7. The lowest BCUT2D eigenvalue weighted by Crippen LogP contribution is -2.36. The first-order valence-corrected chi connectivity index (χ1v) is 17.1. The zero-order chi connectivity index (χ0) is 32.6.